The summed E-state index contributed by atoms with van der Waals surface area (Å²) >= 11 is 12.5. The maximum absolute atomic E-state index is 14.1. The molecule has 0 radical (unpaired) electrons. The van der Waals surface area contributed by atoms with Crippen LogP contribution in [0.15, 0.2) is 72.8 Å². The van der Waals surface area contributed by atoms with E-state index in [1.54, 1.807) is 0 Å². The number of halogens is 2. The van der Waals surface area contributed by atoms with E-state index in [1.807, 2.05) is 75.4 Å². The van der Waals surface area contributed by atoms with Gasteiger partial charge in [0.05, 0.1) is 17.0 Å². The van der Waals surface area contributed by atoms with Gasteiger partial charge < -0.3 is 10.2 Å². The molecule has 214 valence electrons. The Balaban J connectivity index is 2.09. The van der Waals surface area contributed by atoms with Gasteiger partial charge in [-0.1, -0.05) is 90.3 Å². The SMILES string of the molecule is CC[C@H](C)NC(=O)[C@H](Cc1ccccc1)N(Cc1cccc(C)c1)C(=O)CN(c1cc(Cl)ccc1Cl)S(C)(=O)=O. The molecule has 0 spiro atoms. The minimum absolute atomic E-state index is 0.0872. The Kier molecular flexibility index (Phi) is 11.0. The largest absolute Gasteiger partial charge is 0.352 e. The molecule has 0 unspecified atom stereocenters. The molecule has 2 atom stereocenters. The minimum atomic E-state index is -3.95. The summed E-state index contributed by atoms with van der Waals surface area (Å²) in [5, 5.41) is 3.41. The lowest BCUT2D eigenvalue weighted by Gasteiger charge is -2.34. The van der Waals surface area contributed by atoms with Gasteiger partial charge >= 0.3 is 0 Å². The van der Waals surface area contributed by atoms with E-state index in [0.29, 0.717) is 6.42 Å². The van der Waals surface area contributed by atoms with Crippen molar-refractivity contribution in [2.75, 3.05) is 17.1 Å². The quantitative estimate of drug-likeness (QED) is 0.291. The highest BCUT2D eigenvalue weighted by Gasteiger charge is 2.34. The van der Waals surface area contributed by atoms with E-state index in [9.17, 15) is 18.0 Å². The Hall–Kier alpha value is -3.07. The molecule has 0 bridgehead atoms. The molecule has 10 heteroatoms. The van der Waals surface area contributed by atoms with Crippen LogP contribution in [0.1, 0.15) is 37.0 Å². The fourth-order valence-corrected chi connectivity index (χ4v) is 5.56. The Morgan fingerprint density at radius 2 is 1.62 bits per heavy atom. The molecule has 0 saturated carbocycles. The number of nitrogens with zero attached hydrogens (tertiary/aromatic N) is 2. The highest BCUT2D eigenvalue weighted by molar-refractivity contribution is 7.92. The predicted molar refractivity (Wildman–Crippen MR) is 162 cm³/mol. The molecule has 0 fully saturated rings. The van der Waals surface area contributed by atoms with Crippen LogP contribution in [0.5, 0.6) is 0 Å². The van der Waals surface area contributed by atoms with Gasteiger partial charge in [0.1, 0.15) is 12.6 Å². The van der Waals surface area contributed by atoms with Crippen LogP contribution in [-0.2, 0) is 32.6 Å². The number of benzene rings is 3. The number of nitrogens with one attached hydrogen (secondary N) is 1. The van der Waals surface area contributed by atoms with E-state index in [-0.39, 0.29) is 40.6 Å². The molecule has 0 aromatic heterocycles. The van der Waals surface area contributed by atoms with Gasteiger partial charge in [0.2, 0.25) is 21.8 Å². The molecule has 7 nitrogen and oxygen atoms in total. The van der Waals surface area contributed by atoms with Crippen LogP contribution in [0.4, 0.5) is 5.69 Å². The molecule has 3 aromatic rings. The van der Waals surface area contributed by atoms with Crippen molar-refractivity contribution in [3.05, 3.63) is 99.5 Å². The zero-order valence-corrected chi connectivity index (χ0v) is 25.4. The number of amides is 2. The fraction of sp³-hybridized carbons (Fsp3) is 0.333. The molecule has 3 rings (SSSR count). The normalized spacial score (nSPS) is 12.8. The highest BCUT2D eigenvalue weighted by Crippen LogP contribution is 2.31. The van der Waals surface area contributed by atoms with Crippen molar-refractivity contribution < 1.29 is 18.0 Å². The Labute approximate surface area is 247 Å². The van der Waals surface area contributed by atoms with Crippen molar-refractivity contribution in [2.45, 2.75) is 52.2 Å². The van der Waals surface area contributed by atoms with Crippen molar-refractivity contribution in [2.24, 2.45) is 0 Å². The van der Waals surface area contributed by atoms with Crippen LogP contribution < -0.4 is 9.62 Å². The number of sulfonamides is 1. The molecule has 0 saturated heterocycles. The molecule has 40 heavy (non-hydrogen) atoms. The van der Waals surface area contributed by atoms with E-state index in [2.05, 4.69) is 5.32 Å². The second-order valence-electron chi connectivity index (χ2n) is 9.90. The summed E-state index contributed by atoms with van der Waals surface area (Å²) in [6.07, 6.45) is 1.96. The number of hydrogen-bond donors (Lipinski definition) is 1. The first kappa shape index (κ1) is 31.5. The third-order valence-electron chi connectivity index (χ3n) is 6.56. The monoisotopic (exact) mass is 603 g/mol. The summed E-state index contributed by atoms with van der Waals surface area (Å²) in [6.45, 7) is 5.35. The van der Waals surface area contributed by atoms with Crippen LogP contribution in [0.25, 0.3) is 0 Å². The number of anilines is 1. The Morgan fingerprint density at radius 3 is 2.25 bits per heavy atom. The topological polar surface area (TPSA) is 86.8 Å². The van der Waals surface area contributed by atoms with E-state index in [4.69, 9.17) is 23.2 Å². The molecule has 0 aliphatic heterocycles. The van der Waals surface area contributed by atoms with E-state index in [1.165, 1.54) is 23.1 Å². The van der Waals surface area contributed by atoms with Gasteiger partial charge in [-0.05, 0) is 49.6 Å². The molecule has 3 aromatic carbocycles. The van der Waals surface area contributed by atoms with Crippen molar-refractivity contribution in [3.8, 4) is 0 Å². The average molecular weight is 605 g/mol. The van der Waals surface area contributed by atoms with E-state index < -0.39 is 28.5 Å². The average Bonchev–Trinajstić information content (AvgIpc) is 2.90. The van der Waals surface area contributed by atoms with Crippen LogP contribution in [0.2, 0.25) is 10.0 Å². The summed E-state index contributed by atoms with van der Waals surface area (Å²) in [4.78, 5) is 29.3. The predicted octanol–water partition coefficient (Wildman–Crippen LogP) is 5.62. The summed E-state index contributed by atoms with van der Waals surface area (Å²) in [7, 11) is -3.95. The highest BCUT2D eigenvalue weighted by atomic mass is 35.5. The van der Waals surface area contributed by atoms with Gasteiger partial charge in [-0.2, -0.15) is 0 Å². The molecular weight excluding hydrogens is 569 g/mol. The van der Waals surface area contributed by atoms with Gasteiger partial charge in [0.25, 0.3) is 0 Å². The maximum Gasteiger partial charge on any atom is 0.244 e. The zero-order chi connectivity index (χ0) is 29.4. The maximum atomic E-state index is 14.1. The second-order valence-corrected chi connectivity index (χ2v) is 12.6. The lowest BCUT2D eigenvalue weighted by Crippen LogP contribution is -2.54. The van der Waals surface area contributed by atoms with Crippen LogP contribution in [0.3, 0.4) is 0 Å². The molecule has 1 N–H and O–H groups in total. The summed E-state index contributed by atoms with van der Waals surface area (Å²) in [5.74, 6) is -0.867. The number of aryl methyl sites for hydroxylation is 1. The first-order valence-electron chi connectivity index (χ1n) is 13.0. The van der Waals surface area contributed by atoms with Gasteiger partial charge in [0, 0.05) is 24.0 Å². The first-order valence-corrected chi connectivity index (χ1v) is 15.6. The zero-order valence-electron chi connectivity index (χ0n) is 23.1. The summed E-state index contributed by atoms with van der Waals surface area (Å²) < 4.78 is 26.7. The first-order chi connectivity index (χ1) is 18.9. The molecule has 0 heterocycles. The van der Waals surface area contributed by atoms with Crippen LogP contribution in [-0.4, -0.2) is 50.0 Å². The Bertz CT molecular complexity index is 1430. The second kappa shape index (κ2) is 14.0. The Morgan fingerprint density at radius 1 is 0.950 bits per heavy atom. The number of hydrogen-bond acceptors (Lipinski definition) is 4. The smallest absolute Gasteiger partial charge is 0.244 e. The van der Waals surface area contributed by atoms with Crippen molar-refractivity contribution in [1.82, 2.24) is 10.2 Å². The number of rotatable bonds is 12. The number of carbonyl (C=O) groups excluding carboxylic acids is 2. The van der Waals surface area contributed by atoms with Crippen molar-refractivity contribution in [3.63, 3.8) is 0 Å². The van der Waals surface area contributed by atoms with Gasteiger partial charge in [-0.25, -0.2) is 8.42 Å². The molecular formula is C30H35Cl2N3O4S. The standard InChI is InChI=1S/C30H35Cl2N3O4S/c1-5-22(3)33-30(37)28(17-23-11-7-6-8-12-23)34(19-24-13-9-10-21(2)16-24)29(36)20-35(40(4,38)39)27-18-25(31)14-15-26(27)32/h6-16,18,22,28H,5,17,19-20H2,1-4H3,(H,33,37)/t22-,28-/m0/s1. The van der Waals surface area contributed by atoms with Crippen LogP contribution in [0, 0.1) is 6.92 Å². The summed E-state index contributed by atoms with van der Waals surface area (Å²) in [6, 6.07) is 20.5. The molecule has 0 aliphatic rings. The lowest BCUT2D eigenvalue weighted by atomic mass is 10.0. The fourth-order valence-electron chi connectivity index (χ4n) is 4.27. The van der Waals surface area contributed by atoms with Gasteiger partial charge in [-0.15, -0.1) is 0 Å². The van der Waals surface area contributed by atoms with Gasteiger partial charge in [0.15, 0.2) is 0 Å². The third-order valence-corrected chi connectivity index (χ3v) is 8.24. The van der Waals surface area contributed by atoms with E-state index >= 15 is 0 Å². The van der Waals surface area contributed by atoms with E-state index in [0.717, 1.165) is 27.3 Å². The number of carbonyl (C=O) groups is 2. The van der Waals surface area contributed by atoms with Crippen molar-refractivity contribution >= 4 is 50.7 Å². The molecule has 0 aliphatic carbocycles. The van der Waals surface area contributed by atoms with Gasteiger partial charge in [-0.3, -0.25) is 13.9 Å². The molecule has 2 amide bonds. The minimum Gasteiger partial charge on any atom is -0.352 e. The third kappa shape index (κ3) is 8.71. The lowest BCUT2D eigenvalue weighted by molar-refractivity contribution is -0.140. The van der Waals surface area contributed by atoms with Crippen LogP contribution >= 0.6 is 23.2 Å². The summed E-state index contributed by atoms with van der Waals surface area (Å²) in [5.41, 5.74) is 2.77. The van der Waals surface area contributed by atoms with Crippen molar-refractivity contribution in [1.29, 1.82) is 0 Å².